The topological polar surface area (TPSA) is 20.2 Å². The van der Waals surface area contributed by atoms with Gasteiger partial charge in [0.2, 0.25) is 0 Å². The fourth-order valence-corrected chi connectivity index (χ4v) is 1.22. The van der Waals surface area contributed by atoms with Crippen molar-refractivity contribution in [1.82, 2.24) is 0 Å². The number of aryl methyl sites for hydroxylation is 1. The van der Waals surface area contributed by atoms with Crippen LogP contribution in [0.1, 0.15) is 12.0 Å². The van der Waals surface area contributed by atoms with E-state index in [-0.39, 0.29) is 6.61 Å². The molecule has 0 spiro atoms. The number of hydrogen-bond donors (Lipinski definition) is 1. The molecule has 0 bridgehead atoms. The van der Waals surface area contributed by atoms with Gasteiger partial charge < -0.3 is 0 Å². The maximum absolute atomic E-state index is 8.57. The Morgan fingerprint density at radius 1 is 1.36 bits per heavy atom. The summed E-state index contributed by atoms with van der Waals surface area (Å²) in [7, 11) is 0. The molecule has 1 aromatic rings. The molecule has 0 atom stereocenters. The van der Waals surface area contributed by atoms with E-state index in [1.807, 2.05) is 24.3 Å². The molecule has 0 radical (unpaired) electrons. The third kappa shape index (κ3) is 3.06. The standard InChI is InChI=1S/C9H11O.Cu/c10-8-4-7-9-5-2-1-3-6-9;/h1-2,5-6,10H,4,7-8H2;. The van der Waals surface area contributed by atoms with E-state index >= 15 is 0 Å². The molecule has 1 nitrogen and oxygen atoms in total. The minimum atomic E-state index is 0.250. The van der Waals surface area contributed by atoms with Crippen molar-refractivity contribution in [2.24, 2.45) is 0 Å². The fraction of sp³-hybridized carbons (Fsp3) is 0.333. The first-order valence-electron chi connectivity index (χ1n) is 3.64. The average molecular weight is 199 g/mol. The minimum absolute atomic E-state index is 0.250. The molecule has 0 aromatic heterocycles. The zero-order chi connectivity index (χ0) is 8.10. The quantitative estimate of drug-likeness (QED) is 0.712. The van der Waals surface area contributed by atoms with Crippen LogP contribution in [-0.2, 0) is 22.4 Å². The first kappa shape index (κ1) is 8.79. The molecule has 0 aliphatic rings. The van der Waals surface area contributed by atoms with Crippen LogP contribution in [0.15, 0.2) is 24.3 Å². The number of rotatable bonds is 3. The van der Waals surface area contributed by atoms with Gasteiger partial charge in [0, 0.05) is 0 Å². The third-order valence-electron chi connectivity index (χ3n) is 1.49. The summed E-state index contributed by atoms with van der Waals surface area (Å²) in [5.74, 6) is 0. The summed E-state index contributed by atoms with van der Waals surface area (Å²) in [6.45, 7) is 0.250. The SMILES string of the molecule is OCCCc1ccc[c]([Cu])c1. The molecule has 0 amide bonds. The molecule has 1 rings (SSSR count). The summed E-state index contributed by atoms with van der Waals surface area (Å²) < 4.78 is 0.855. The second-order valence-electron chi connectivity index (χ2n) is 2.41. The molecule has 11 heavy (non-hydrogen) atoms. The zero-order valence-electron chi connectivity index (χ0n) is 6.18. The van der Waals surface area contributed by atoms with Crippen LogP contribution >= 0.6 is 0 Å². The van der Waals surface area contributed by atoms with Crippen molar-refractivity contribution in [3.63, 3.8) is 0 Å². The Kier molecular flexibility index (Phi) is 3.64. The van der Waals surface area contributed by atoms with Gasteiger partial charge in [0.05, 0.1) is 0 Å². The summed E-state index contributed by atoms with van der Waals surface area (Å²) >= 11 is 5.13. The molecule has 0 heterocycles. The Morgan fingerprint density at radius 3 is 2.82 bits per heavy atom. The van der Waals surface area contributed by atoms with Crippen molar-refractivity contribution in [2.45, 2.75) is 12.8 Å². The van der Waals surface area contributed by atoms with Gasteiger partial charge in [0.15, 0.2) is 0 Å². The van der Waals surface area contributed by atoms with Crippen molar-refractivity contribution in [2.75, 3.05) is 6.61 Å². The van der Waals surface area contributed by atoms with Gasteiger partial charge in [-0.3, -0.25) is 0 Å². The average Bonchev–Trinajstić information content (AvgIpc) is 2.01. The number of aliphatic hydroxyl groups excluding tert-OH is 1. The fourth-order valence-electron chi connectivity index (χ4n) is 0.954. The number of hydrogen-bond acceptors (Lipinski definition) is 1. The van der Waals surface area contributed by atoms with Gasteiger partial charge in [0.1, 0.15) is 0 Å². The molecular formula is C9H11CuO. The molecular weight excluding hydrogens is 188 g/mol. The molecule has 1 aromatic carbocycles. The van der Waals surface area contributed by atoms with E-state index in [0.29, 0.717) is 0 Å². The Labute approximate surface area is 75.3 Å². The zero-order valence-corrected chi connectivity index (χ0v) is 7.12. The van der Waals surface area contributed by atoms with Gasteiger partial charge >= 0.3 is 74.9 Å². The summed E-state index contributed by atoms with van der Waals surface area (Å²) in [4.78, 5) is 0. The molecule has 0 aliphatic heterocycles. The van der Waals surface area contributed by atoms with Crippen molar-refractivity contribution < 1.29 is 21.1 Å². The summed E-state index contributed by atoms with van der Waals surface area (Å²) in [6.07, 6.45) is 1.73. The predicted octanol–water partition coefficient (Wildman–Crippen LogP) is 0.784. The van der Waals surface area contributed by atoms with Gasteiger partial charge in [-0.05, 0) is 0 Å². The molecule has 0 unspecified atom stereocenters. The molecule has 1 N–H and O–H groups in total. The molecule has 0 aliphatic carbocycles. The van der Waals surface area contributed by atoms with Crippen LogP contribution in [-0.4, -0.2) is 11.7 Å². The van der Waals surface area contributed by atoms with E-state index < -0.39 is 0 Å². The number of aliphatic hydroxyl groups is 1. The molecule has 64 valence electrons. The second-order valence-corrected chi connectivity index (χ2v) is 2.96. The van der Waals surface area contributed by atoms with E-state index in [9.17, 15) is 0 Å². The Bertz CT molecular complexity index is 223. The van der Waals surface area contributed by atoms with E-state index in [4.69, 9.17) is 21.1 Å². The summed E-state index contributed by atoms with van der Waals surface area (Å²) in [5, 5.41) is 8.57. The summed E-state index contributed by atoms with van der Waals surface area (Å²) in [6, 6.07) is 7.84. The van der Waals surface area contributed by atoms with Gasteiger partial charge in [-0.1, -0.05) is 0 Å². The van der Waals surface area contributed by atoms with Crippen LogP contribution in [0.25, 0.3) is 0 Å². The first-order chi connectivity index (χ1) is 5.33. The molecule has 0 saturated carbocycles. The summed E-state index contributed by atoms with van der Waals surface area (Å²) in [5.41, 5.74) is 1.21. The van der Waals surface area contributed by atoms with Crippen LogP contribution in [0, 0.1) is 0 Å². The number of benzene rings is 1. The molecule has 0 saturated heterocycles. The van der Waals surface area contributed by atoms with Crippen LogP contribution < -0.4 is 4.46 Å². The van der Waals surface area contributed by atoms with E-state index in [1.165, 1.54) is 5.56 Å². The Morgan fingerprint density at radius 2 is 2.18 bits per heavy atom. The van der Waals surface area contributed by atoms with Crippen molar-refractivity contribution >= 4 is 4.46 Å². The second kappa shape index (κ2) is 4.55. The Hall–Kier alpha value is -0.301. The normalized spacial score (nSPS) is 10.1. The van der Waals surface area contributed by atoms with Gasteiger partial charge in [-0.2, -0.15) is 0 Å². The molecule has 0 fully saturated rings. The first-order valence-corrected chi connectivity index (χ1v) is 4.11. The Balaban J connectivity index is 2.56. The molecule has 2 heteroatoms. The van der Waals surface area contributed by atoms with Crippen molar-refractivity contribution in [1.29, 1.82) is 0 Å². The van der Waals surface area contributed by atoms with Gasteiger partial charge in [-0.25, -0.2) is 0 Å². The van der Waals surface area contributed by atoms with Gasteiger partial charge in [0.25, 0.3) is 0 Å². The van der Waals surface area contributed by atoms with Crippen LogP contribution in [0.2, 0.25) is 0 Å². The van der Waals surface area contributed by atoms with Crippen LogP contribution in [0.3, 0.4) is 0 Å². The van der Waals surface area contributed by atoms with Crippen molar-refractivity contribution in [3.8, 4) is 0 Å². The van der Waals surface area contributed by atoms with E-state index in [1.54, 1.807) is 0 Å². The monoisotopic (exact) mass is 198 g/mol. The van der Waals surface area contributed by atoms with Gasteiger partial charge in [-0.15, -0.1) is 0 Å². The van der Waals surface area contributed by atoms with E-state index in [2.05, 4.69) is 0 Å². The van der Waals surface area contributed by atoms with Crippen LogP contribution in [0.5, 0.6) is 0 Å². The third-order valence-corrected chi connectivity index (χ3v) is 1.78. The maximum atomic E-state index is 8.57. The predicted molar refractivity (Wildman–Crippen MR) is 41.5 cm³/mol. The van der Waals surface area contributed by atoms with Crippen molar-refractivity contribution in [3.05, 3.63) is 29.8 Å². The van der Waals surface area contributed by atoms with E-state index in [0.717, 1.165) is 17.3 Å². The van der Waals surface area contributed by atoms with Crippen LogP contribution in [0.4, 0.5) is 0 Å².